The molecular weight excluding hydrogens is 355 g/mol. The van der Waals surface area contributed by atoms with Crippen molar-refractivity contribution in [2.24, 2.45) is 5.92 Å². The minimum Gasteiger partial charge on any atom is -0.337 e. The van der Waals surface area contributed by atoms with E-state index in [0.29, 0.717) is 18.0 Å². The van der Waals surface area contributed by atoms with Crippen molar-refractivity contribution in [3.8, 4) is 0 Å². The van der Waals surface area contributed by atoms with Gasteiger partial charge < -0.3 is 4.90 Å². The third-order valence-corrected chi connectivity index (χ3v) is 5.48. The second-order valence-electron chi connectivity index (χ2n) is 8.32. The lowest BCUT2D eigenvalue weighted by Gasteiger charge is -2.34. The highest BCUT2D eigenvalue weighted by Crippen LogP contribution is 2.21. The van der Waals surface area contributed by atoms with E-state index in [1.807, 2.05) is 27.9 Å². The highest BCUT2D eigenvalue weighted by atomic mass is 19.1. The summed E-state index contributed by atoms with van der Waals surface area (Å²) >= 11 is 0. The van der Waals surface area contributed by atoms with Gasteiger partial charge in [-0.25, -0.2) is 4.39 Å². The monoisotopic (exact) mass is 386 g/mol. The lowest BCUT2D eigenvalue weighted by Crippen LogP contribution is -2.45. The number of hydrogen-bond acceptors (Lipinski definition) is 3. The van der Waals surface area contributed by atoms with Gasteiger partial charge in [-0.15, -0.1) is 0 Å². The van der Waals surface area contributed by atoms with Crippen LogP contribution in [0.15, 0.2) is 36.7 Å². The van der Waals surface area contributed by atoms with Gasteiger partial charge in [0.25, 0.3) is 5.91 Å². The average molecular weight is 387 g/mol. The Morgan fingerprint density at radius 2 is 1.89 bits per heavy atom. The number of amides is 1. The van der Waals surface area contributed by atoms with E-state index in [1.54, 1.807) is 6.20 Å². The first kappa shape index (κ1) is 20.5. The number of rotatable bonds is 5. The molecule has 1 aromatic heterocycles. The second kappa shape index (κ2) is 8.86. The number of aromatic nitrogens is 2. The summed E-state index contributed by atoms with van der Waals surface area (Å²) in [5, 5.41) is 4.32. The molecular formula is C22H31FN4O. The minimum absolute atomic E-state index is 0.0567. The molecule has 0 unspecified atom stereocenters. The van der Waals surface area contributed by atoms with Crippen LogP contribution in [0.5, 0.6) is 0 Å². The van der Waals surface area contributed by atoms with E-state index in [2.05, 4.69) is 37.7 Å². The SMILES string of the molecule is CC(C)[C@H]1CN(C(=O)c2cnn(C(C)C)c2)CCCN1Cc1ccc(F)cc1. The molecule has 2 aromatic rings. The predicted molar refractivity (Wildman–Crippen MR) is 109 cm³/mol. The van der Waals surface area contributed by atoms with E-state index in [0.717, 1.165) is 31.6 Å². The summed E-state index contributed by atoms with van der Waals surface area (Å²) in [5.74, 6) is 0.257. The van der Waals surface area contributed by atoms with Crippen molar-refractivity contribution in [1.82, 2.24) is 19.6 Å². The smallest absolute Gasteiger partial charge is 0.257 e. The topological polar surface area (TPSA) is 41.4 Å². The van der Waals surface area contributed by atoms with Gasteiger partial charge in [-0.1, -0.05) is 26.0 Å². The molecule has 0 N–H and O–H groups in total. The maximum atomic E-state index is 13.2. The first-order valence-electron chi connectivity index (χ1n) is 10.2. The average Bonchev–Trinajstić information content (AvgIpc) is 3.06. The van der Waals surface area contributed by atoms with E-state index in [1.165, 1.54) is 12.1 Å². The molecule has 1 amide bonds. The third-order valence-electron chi connectivity index (χ3n) is 5.48. The predicted octanol–water partition coefficient (Wildman–Crippen LogP) is 3.98. The lowest BCUT2D eigenvalue weighted by atomic mass is 10.0. The van der Waals surface area contributed by atoms with Crippen molar-refractivity contribution in [2.75, 3.05) is 19.6 Å². The molecule has 1 atom stereocenters. The zero-order valence-electron chi connectivity index (χ0n) is 17.3. The zero-order valence-corrected chi connectivity index (χ0v) is 17.3. The maximum absolute atomic E-state index is 13.2. The van der Waals surface area contributed by atoms with Crippen LogP contribution in [0, 0.1) is 11.7 Å². The van der Waals surface area contributed by atoms with Crippen molar-refractivity contribution >= 4 is 5.91 Å². The Balaban J connectivity index is 1.74. The number of halogens is 1. The fourth-order valence-corrected chi connectivity index (χ4v) is 3.81. The molecule has 1 aliphatic heterocycles. The van der Waals surface area contributed by atoms with Crippen molar-refractivity contribution in [1.29, 1.82) is 0 Å². The summed E-state index contributed by atoms with van der Waals surface area (Å²) in [6, 6.07) is 7.22. The van der Waals surface area contributed by atoms with Gasteiger partial charge in [-0.05, 0) is 43.9 Å². The van der Waals surface area contributed by atoms with Crippen LogP contribution in [0.3, 0.4) is 0 Å². The molecule has 5 nitrogen and oxygen atoms in total. The molecule has 6 heteroatoms. The van der Waals surface area contributed by atoms with Gasteiger partial charge in [-0.3, -0.25) is 14.4 Å². The van der Waals surface area contributed by atoms with Crippen molar-refractivity contribution in [2.45, 2.75) is 52.7 Å². The molecule has 1 fully saturated rings. The largest absolute Gasteiger partial charge is 0.337 e. The van der Waals surface area contributed by atoms with Gasteiger partial charge in [0.05, 0.1) is 11.8 Å². The van der Waals surface area contributed by atoms with Gasteiger partial charge in [0.15, 0.2) is 0 Å². The summed E-state index contributed by atoms with van der Waals surface area (Å²) in [4.78, 5) is 17.5. The van der Waals surface area contributed by atoms with E-state index >= 15 is 0 Å². The third kappa shape index (κ3) is 4.79. The summed E-state index contributed by atoms with van der Waals surface area (Å²) in [7, 11) is 0. The van der Waals surface area contributed by atoms with Crippen LogP contribution in [0.2, 0.25) is 0 Å². The van der Waals surface area contributed by atoms with Gasteiger partial charge in [0, 0.05) is 44.5 Å². The number of carbonyl (C=O) groups excluding carboxylic acids is 1. The Morgan fingerprint density at radius 1 is 1.18 bits per heavy atom. The molecule has 0 radical (unpaired) electrons. The zero-order chi connectivity index (χ0) is 20.3. The first-order chi connectivity index (χ1) is 13.3. The molecule has 0 saturated carbocycles. The van der Waals surface area contributed by atoms with Crippen LogP contribution in [0.4, 0.5) is 4.39 Å². The molecule has 0 spiro atoms. The number of nitrogens with zero attached hydrogens (tertiary/aromatic N) is 4. The van der Waals surface area contributed by atoms with Gasteiger partial charge in [0.1, 0.15) is 5.82 Å². The van der Waals surface area contributed by atoms with Crippen molar-refractivity contribution in [3.63, 3.8) is 0 Å². The van der Waals surface area contributed by atoms with Crippen LogP contribution < -0.4 is 0 Å². The highest BCUT2D eigenvalue weighted by molar-refractivity contribution is 5.93. The van der Waals surface area contributed by atoms with Gasteiger partial charge >= 0.3 is 0 Å². The Hall–Kier alpha value is -2.21. The van der Waals surface area contributed by atoms with Crippen LogP contribution in [0.25, 0.3) is 0 Å². The van der Waals surface area contributed by atoms with E-state index < -0.39 is 0 Å². The van der Waals surface area contributed by atoms with E-state index in [4.69, 9.17) is 0 Å². The quantitative estimate of drug-likeness (QED) is 0.781. The summed E-state index contributed by atoms with van der Waals surface area (Å²) < 4.78 is 15.0. The van der Waals surface area contributed by atoms with E-state index in [-0.39, 0.29) is 23.8 Å². The molecule has 152 valence electrons. The van der Waals surface area contributed by atoms with Crippen LogP contribution in [-0.4, -0.2) is 51.2 Å². The molecule has 1 aromatic carbocycles. The molecule has 1 aliphatic rings. The minimum atomic E-state index is -0.209. The number of benzene rings is 1. The summed E-state index contributed by atoms with van der Waals surface area (Å²) in [5.41, 5.74) is 1.76. The summed E-state index contributed by atoms with van der Waals surface area (Å²) in [6.45, 7) is 11.6. The Kier molecular flexibility index (Phi) is 6.50. The van der Waals surface area contributed by atoms with E-state index in [9.17, 15) is 9.18 Å². The fourth-order valence-electron chi connectivity index (χ4n) is 3.81. The summed E-state index contributed by atoms with van der Waals surface area (Å²) in [6.07, 6.45) is 4.45. The Labute approximate surface area is 167 Å². The molecule has 0 bridgehead atoms. The Morgan fingerprint density at radius 3 is 2.50 bits per heavy atom. The lowest BCUT2D eigenvalue weighted by molar-refractivity contribution is 0.0702. The number of hydrogen-bond donors (Lipinski definition) is 0. The molecule has 1 saturated heterocycles. The molecule has 3 rings (SSSR count). The van der Waals surface area contributed by atoms with Crippen molar-refractivity contribution in [3.05, 3.63) is 53.6 Å². The first-order valence-corrected chi connectivity index (χ1v) is 10.2. The van der Waals surface area contributed by atoms with Crippen LogP contribution in [-0.2, 0) is 6.54 Å². The van der Waals surface area contributed by atoms with Gasteiger partial charge in [0.2, 0.25) is 0 Å². The standard InChI is InChI=1S/C22H31FN4O/c1-16(2)21-15-26(22(28)19-12-24-27(14-19)17(3)4)11-5-10-25(21)13-18-6-8-20(23)9-7-18/h6-9,12,14,16-17,21H,5,10-11,13,15H2,1-4H3/t21-/m1/s1. The van der Waals surface area contributed by atoms with Crippen LogP contribution in [0.1, 0.15) is 56.1 Å². The molecule has 0 aliphatic carbocycles. The molecule has 2 heterocycles. The van der Waals surface area contributed by atoms with Crippen molar-refractivity contribution < 1.29 is 9.18 Å². The highest BCUT2D eigenvalue weighted by Gasteiger charge is 2.30. The second-order valence-corrected chi connectivity index (χ2v) is 8.32. The normalized spacial score (nSPS) is 18.7. The molecule has 28 heavy (non-hydrogen) atoms. The Bertz CT molecular complexity index is 784. The fraction of sp³-hybridized carbons (Fsp3) is 0.545. The maximum Gasteiger partial charge on any atom is 0.257 e. The number of carbonyl (C=O) groups is 1. The van der Waals surface area contributed by atoms with Gasteiger partial charge in [-0.2, -0.15) is 5.10 Å². The van der Waals surface area contributed by atoms with Crippen LogP contribution >= 0.6 is 0 Å².